The second-order valence-corrected chi connectivity index (χ2v) is 7.89. The van der Waals surface area contributed by atoms with Crippen LogP contribution in [0.5, 0.6) is 5.75 Å². The molecule has 1 saturated heterocycles. The number of nitrogens with zero attached hydrogens (tertiary/aromatic N) is 2. The Morgan fingerprint density at radius 1 is 0.968 bits per heavy atom. The van der Waals surface area contributed by atoms with Gasteiger partial charge in [-0.3, -0.25) is 14.5 Å². The molecule has 1 heterocycles. The fraction of sp³-hybridized carbons (Fsp3) is 0.417. The molecule has 166 valence electrons. The van der Waals surface area contributed by atoms with Gasteiger partial charge in [-0.2, -0.15) is 0 Å². The van der Waals surface area contributed by atoms with Gasteiger partial charge in [-0.05, 0) is 50.7 Å². The Hall–Kier alpha value is -2.90. The molecule has 2 N–H and O–H groups in total. The molecule has 0 aromatic heterocycles. The topological polar surface area (TPSA) is 73.9 Å². The highest BCUT2D eigenvalue weighted by molar-refractivity contribution is 6.39. The van der Waals surface area contributed by atoms with Crippen molar-refractivity contribution in [2.45, 2.75) is 19.9 Å². The third-order valence-electron chi connectivity index (χ3n) is 5.53. The number of carbonyl (C=O) groups excluding carboxylic acids is 2. The number of aryl methyl sites for hydroxylation is 1. The van der Waals surface area contributed by atoms with Crippen LogP contribution in [0.25, 0.3) is 0 Å². The van der Waals surface area contributed by atoms with Crippen LogP contribution in [0.4, 0.5) is 5.69 Å². The van der Waals surface area contributed by atoms with Crippen LogP contribution in [-0.4, -0.2) is 68.0 Å². The van der Waals surface area contributed by atoms with Gasteiger partial charge >= 0.3 is 11.8 Å². The average Bonchev–Trinajstić information content (AvgIpc) is 2.77. The van der Waals surface area contributed by atoms with Crippen molar-refractivity contribution in [3.8, 4) is 5.75 Å². The summed E-state index contributed by atoms with van der Waals surface area (Å²) < 4.78 is 5.39. The zero-order valence-corrected chi connectivity index (χ0v) is 18.6. The van der Waals surface area contributed by atoms with Gasteiger partial charge in [0.1, 0.15) is 5.75 Å². The molecule has 0 aliphatic carbocycles. The SMILES string of the molecule is CCOc1ccc(NC(=O)C(=O)NC[C@@H](c2ccc(C)cc2)N2CCN(C)CC2)cc1. The van der Waals surface area contributed by atoms with Crippen molar-refractivity contribution in [2.75, 3.05) is 51.7 Å². The van der Waals surface area contributed by atoms with Crippen LogP contribution < -0.4 is 15.4 Å². The lowest BCUT2D eigenvalue weighted by atomic mass is 10.0. The fourth-order valence-electron chi connectivity index (χ4n) is 3.64. The van der Waals surface area contributed by atoms with Crippen molar-refractivity contribution in [3.05, 3.63) is 59.7 Å². The molecular formula is C24H32N4O3. The number of carbonyl (C=O) groups is 2. The van der Waals surface area contributed by atoms with E-state index in [2.05, 4.69) is 58.7 Å². The van der Waals surface area contributed by atoms with Gasteiger partial charge in [-0.1, -0.05) is 29.8 Å². The van der Waals surface area contributed by atoms with Gasteiger partial charge in [0.2, 0.25) is 0 Å². The summed E-state index contributed by atoms with van der Waals surface area (Å²) in [5.41, 5.74) is 2.89. The van der Waals surface area contributed by atoms with Crippen molar-refractivity contribution in [3.63, 3.8) is 0 Å². The van der Waals surface area contributed by atoms with E-state index in [9.17, 15) is 9.59 Å². The van der Waals surface area contributed by atoms with Gasteiger partial charge in [0.05, 0.1) is 12.6 Å². The third-order valence-corrected chi connectivity index (χ3v) is 5.53. The van der Waals surface area contributed by atoms with Crippen LogP contribution in [0.1, 0.15) is 24.1 Å². The van der Waals surface area contributed by atoms with E-state index in [-0.39, 0.29) is 6.04 Å². The number of piperazine rings is 1. The van der Waals surface area contributed by atoms with Crippen molar-refractivity contribution in [2.24, 2.45) is 0 Å². The van der Waals surface area contributed by atoms with Crippen molar-refractivity contribution in [1.82, 2.24) is 15.1 Å². The molecule has 2 amide bonds. The van der Waals surface area contributed by atoms with Gasteiger partial charge < -0.3 is 20.3 Å². The first kappa shape index (κ1) is 22.8. The van der Waals surface area contributed by atoms with Gasteiger partial charge in [0.15, 0.2) is 0 Å². The van der Waals surface area contributed by atoms with E-state index in [1.165, 1.54) is 5.56 Å². The summed E-state index contributed by atoms with van der Waals surface area (Å²) in [5.74, 6) is -0.594. The van der Waals surface area contributed by atoms with Crippen molar-refractivity contribution >= 4 is 17.5 Å². The normalized spacial score (nSPS) is 15.8. The van der Waals surface area contributed by atoms with Crippen LogP contribution in [-0.2, 0) is 9.59 Å². The molecule has 0 spiro atoms. The molecule has 31 heavy (non-hydrogen) atoms. The summed E-state index contributed by atoms with van der Waals surface area (Å²) in [6, 6.07) is 15.4. The molecule has 0 unspecified atom stereocenters. The first-order valence-corrected chi connectivity index (χ1v) is 10.8. The quantitative estimate of drug-likeness (QED) is 0.668. The van der Waals surface area contributed by atoms with E-state index in [4.69, 9.17) is 4.74 Å². The van der Waals surface area contributed by atoms with Crippen LogP contribution in [0.2, 0.25) is 0 Å². The maximum Gasteiger partial charge on any atom is 0.313 e. The average molecular weight is 425 g/mol. The van der Waals surface area contributed by atoms with Gasteiger partial charge in [0.25, 0.3) is 0 Å². The van der Waals surface area contributed by atoms with E-state index >= 15 is 0 Å². The lowest BCUT2D eigenvalue weighted by molar-refractivity contribution is -0.136. The van der Waals surface area contributed by atoms with Crippen LogP contribution in [0.3, 0.4) is 0 Å². The molecule has 0 saturated carbocycles. The molecule has 1 atom stereocenters. The smallest absolute Gasteiger partial charge is 0.313 e. The number of ether oxygens (including phenoxy) is 1. The maximum absolute atomic E-state index is 12.5. The van der Waals surface area contributed by atoms with Crippen LogP contribution in [0.15, 0.2) is 48.5 Å². The highest BCUT2D eigenvalue weighted by Crippen LogP contribution is 2.22. The van der Waals surface area contributed by atoms with E-state index in [1.807, 2.05) is 6.92 Å². The molecule has 2 aromatic carbocycles. The number of nitrogens with one attached hydrogen (secondary N) is 2. The second-order valence-electron chi connectivity index (χ2n) is 7.89. The largest absolute Gasteiger partial charge is 0.494 e. The first-order valence-electron chi connectivity index (χ1n) is 10.8. The Morgan fingerprint density at radius 2 is 1.61 bits per heavy atom. The van der Waals surface area contributed by atoms with E-state index < -0.39 is 11.8 Å². The molecular weight excluding hydrogens is 392 g/mol. The minimum absolute atomic E-state index is 0.0246. The van der Waals surface area contributed by atoms with Crippen LogP contribution in [0, 0.1) is 6.92 Å². The molecule has 2 aromatic rings. The Balaban J connectivity index is 1.60. The summed E-state index contributed by atoms with van der Waals surface area (Å²) in [4.78, 5) is 29.5. The summed E-state index contributed by atoms with van der Waals surface area (Å²) in [6.45, 7) is 8.72. The molecule has 0 bridgehead atoms. The molecule has 7 nitrogen and oxygen atoms in total. The van der Waals surface area contributed by atoms with E-state index in [1.54, 1.807) is 24.3 Å². The van der Waals surface area contributed by atoms with Gasteiger partial charge in [0, 0.05) is 38.4 Å². The minimum atomic E-state index is -0.676. The lowest BCUT2D eigenvalue weighted by Crippen LogP contribution is -2.49. The lowest BCUT2D eigenvalue weighted by Gasteiger charge is -2.38. The number of benzene rings is 2. The van der Waals surface area contributed by atoms with Crippen molar-refractivity contribution < 1.29 is 14.3 Å². The van der Waals surface area contributed by atoms with Crippen molar-refractivity contribution in [1.29, 1.82) is 0 Å². The number of anilines is 1. The zero-order chi connectivity index (χ0) is 22.2. The number of rotatable bonds is 7. The predicted octanol–water partition coefficient (Wildman–Crippen LogP) is 2.44. The molecule has 1 aliphatic rings. The standard InChI is InChI=1S/C24H32N4O3/c1-4-31-21-11-9-20(10-12-21)26-24(30)23(29)25-17-22(19-7-5-18(2)6-8-19)28-15-13-27(3)14-16-28/h5-12,22H,4,13-17H2,1-3H3,(H,25,29)(H,26,30)/t22-/m0/s1. The second kappa shape index (κ2) is 10.9. The Bertz CT molecular complexity index is 859. The Morgan fingerprint density at radius 3 is 2.23 bits per heavy atom. The Kier molecular flexibility index (Phi) is 8.03. The zero-order valence-electron chi connectivity index (χ0n) is 18.6. The molecule has 7 heteroatoms. The highest BCUT2D eigenvalue weighted by atomic mass is 16.5. The first-order chi connectivity index (χ1) is 15.0. The van der Waals surface area contributed by atoms with Gasteiger partial charge in [-0.15, -0.1) is 0 Å². The van der Waals surface area contributed by atoms with E-state index in [0.29, 0.717) is 18.8 Å². The van der Waals surface area contributed by atoms with Gasteiger partial charge in [-0.25, -0.2) is 0 Å². The monoisotopic (exact) mass is 424 g/mol. The summed E-state index contributed by atoms with van der Waals surface area (Å²) in [5, 5.41) is 5.47. The number of amides is 2. The fourth-order valence-corrected chi connectivity index (χ4v) is 3.64. The molecule has 3 rings (SSSR count). The number of likely N-dealkylation sites (N-methyl/N-ethyl adjacent to an activating group) is 1. The maximum atomic E-state index is 12.5. The summed E-state index contributed by atoms with van der Waals surface area (Å²) in [7, 11) is 2.12. The third kappa shape index (κ3) is 6.54. The molecule has 1 aliphatic heterocycles. The molecule has 0 radical (unpaired) electrons. The van der Waals surface area contributed by atoms with Crippen LogP contribution >= 0.6 is 0 Å². The highest BCUT2D eigenvalue weighted by Gasteiger charge is 2.25. The minimum Gasteiger partial charge on any atom is -0.494 e. The Labute approximate surface area is 184 Å². The molecule has 1 fully saturated rings. The number of hydrogen-bond acceptors (Lipinski definition) is 5. The van der Waals surface area contributed by atoms with E-state index in [0.717, 1.165) is 37.5 Å². The predicted molar refractivity (Wildman–Crippen MR) is 122 cm³/mol. The number of hydrogen-bond donors (Lipinski definition) is 2. The summed E-state index contributed by atoms with van der Waals surface area (Å²) in [6.07, 6.45) is 0. The summed E-state index contributed by atoms with van der Waals surface area (Å²) >= 11 is 0.